The molecule has 4 heteroatoms. The molecule has 2 aliphatic carbocycles. The van der Waals surface area contributed by atoms with Gasteiger partial charge in [0, 0.05) is 46.3 Å². The summed E-state index contributed by atoms with van der Waals surface area (Å²) in [5.74, 6) is 0.850. The summed E-state index contributed by atoms with van der Waals surface area (Å²) in [6.45, 7) is 4.66. The molecule has 4 nitrogen and oxygen atoms in total. The maximum absolute atomic E-state index is 4.75. The first-order chi connectivity index (χ1) is 19.7. The van der Waals surface area contributed by atoms with Crippen molar-refractivity contribution in [2.45, 2.75) is 32.6 Å². The van der Waals surface area contributed by atoms with Crippen molar-refractivity contribution in [2.75, 3.05) is 0 Å². The van der Waals surface area contributed by atoms with E-state index in [-0.39, 0.29) is 0 Å². The summed E-state index contributed by atoms with van der Waals surface area (Å²) in [5.41, 5.74) is 13.5. The van der Waals surface area contributed by atoms with Gasteiger partial charge in [0.15, 0.2) is 0 Å². The van der Waals surface area contributed by atoms with Gasteiger partial charge in [0.25, 0.3) is 0 Å². The predicted molar refractivity (Wildman–Crippen MR) is 166 cm³/mol. The molecule has 2 atom stereocenters. The maximum Gasteiger partial charge on any atom is 0.0963 e. The fourth-order valence-corrected chi connectivity index (χ4v) is 6.87. The van der Waals surface area contributed by atoms with Crippen molar-refractivity contribution in [3.8, 4) is 5.69 Å². The van der Waals surface area contributed by atoms with Gasteiger partial charge in [-0.3, -0.25) is 9.97 Å². The van der Waals surface area contributed by atoms with Crippen molar-refractivity contribution in [1.82, 2.24) is 19.1 Å². The van der Waals surface area contributed by atoms with Gasteiger partial charge < -0.3 is 9.13 Å². The van der Waals surface area contributed by atoms with Crippen LogP contribution in [0.5, 0.6) is 0 Å². The molecule has 0 N–H and O–H groups in total. The number of allylic oxidation sites excluding steroid dienone is 5. The summed E-state index contributed by atoms with van der Waals surface area (Å²) in [7, 11) is 0. The molecule has 2 aromatic carbocycles. The Labute approximate surface area is 233 Å². The molecule has 0 radical (unpaired) electrons. The summed E-state index contributed by atoms with van der Waals surface area (Å²) in [6, 6.07) is 26.2. The van der Waals surface area contributed by atoms with E-state index in [1.807, 2.05) is 24.5 Å². The maximum atomic E-state index is 4.75. The molecule has 40 heavy (non-hydrogen) atoms. The zero-order valence-corrected chi connectivity index (χ0v) is 22.8. The first kappa shape index (κ1) is 23.2. The highest BCUT2D eigenvalue weighted by atomic mass is 15.0. The molecular formula is C36H30N4. The van der Waals surface area contributed by atoms with Crippen LogP contribution in [0.3, 0.4) is 0 Å². The van der Waals surface area contributed by atoms with E-state index in [0.717, 1.165) is 23.9 Å². The number of rotatable bonds is 3. The second-order valence-corrected chi connectivity index (χ2v) is 11.2. The Morgan fingerprint density at radius 3 is 2.23 bits per heavy atom. The monoisotopic (exact) mass is 518 g/mol. The lowest BCUT2D eigenvalue weighted by atomic mass is 9.86. The molecule has 2 unspecified atom stereocenters. The van der Waals surface area contributed by atoms with Crippen LogP contribution in [0, 0.1) is 5.92 Å². The van der Waals surface area contributed by atoms with E-state index < -0.39 is 0 Å². The van der Waals surface area contributed by atoms with E-state index in [4.69, 9.17) is 9.97 Å². The van der Waals surface area contributed by atoms with Gasteiger partial charge in [0.1, 0.15) is 0 Å². The highest BCUT2D eigenvalue weighted by Crippen LogP contribution is 2.40. The number of benzene rings is 2. The summed E-state index contributed by atoms with van der Waals surface area (Å²) in [5, 5.41) is 1.21. The van der Waals surface area contributed by atoms with Gasteiger partial charge in [-0.05, 0) is 78.4 Å². The van der Waals surface area contributed by atoms with Crippen molar-refractivity contribution in [3.63, 3.8) is 0 Å². The highest BCUT2D eigenvalue weighted by molar-refractivity contribution is 6.08. The Hall–Kier alpha value is -4.70. The minimum Gasteiger partial charge on any atom is -0.311 e. The number of pyridine rings is 2. The molecule has 2 aliphatic rings. The molecule has 0 bridgehead atoms. The number of para-hydroxylation sites is 1. The minimum absolute atomic E-state index is 0.397. The Morgan fingerprint density at radius 2 is 1.43 bits per heavy atom. The largest absolute Gasteiger partial charge is 0.311 e. The van der Waals surface area contributed by atoms with Gasteiger partial charge >= 0.3 is 0 Å². The fourth-order valence-electron chi connectivity index (χ4n) is 6.87. The van der Waals surface area contributed by atoms with Crippen LogP contribution in [-0.4, -0.2) is 19.1 Å². The molecule has 6 aromatic rings. The third kappa shape index (κ3) is 3.39. The average Bonchev–Trinajstić information content (AvgIpc) is 3.52. The number of nitrogens with zero attached hydrogens (tertiary/aromatic N) is 4. The van der Waals surface area contributed by atoms with Gasteiger partial charge in [-0.25, -0.2) is 0 Å². The van der Waals surface area contributed by atoms with Crippen LogP contribution in [-0.2, 0) is 0 Å². The van der Waals surface area contributed by atoms with Gasteiger partial charge in [-0.1, -0.05) is 62.4 Å². The van der Waals surface area contributed by atoms with Gasteiger partial charge in [0.2, 0.25) is 0 Å². The molecule has 194 valence electrons. The Bertz CT molecular complexity index is 1980. The van der Waals surface area contributed by atoms with Crippen molar-refractivity contribution in [2.24, 2.45) is 5.92 Å². The molecule has 0 saturated carbocycles. The number of fused-ring (bicyclic) bond motifs is 6. The van der Waals surface area contributed by atoms with Crippen molar-refractivity contribution in [1.29, 1.82) is 0 Å². The molecule has 0 spiro atoms. The zero-order chi connectivity index (χ0) is 26.8. The van der Waals surface area contributed by atoms with Crippen LogP contribution in [0.2, 0.25) is 0 Å². The van der Waals surface area contributed by atoms with Crippen molar-refractivity contribution < 1.29 is 0 Å². The fraction of sp³-hybridized carbons (Fsp3) is 0.167. The Kier molecular flexibility index (Phi) is 5.18. The molecular weight excluding hydrogens is 488 g/mol. The van der Waals surface area contributed by atoms with Crippen LogP contribution in [0.1, 0.15) is 49.4 Å². The summed E-state index contributed by atoms with van der Waals surface area (Å²) in [6.07, 6.45) is 15.0. The first-order valence-electron chi connectivity index (χ1n) is 14.2. The second-order valence-electron chi connectivity index (χ2n) is 11.2. The van der Waals surface area contributed by atoms with Crippen LogP contribution in [0.15, 0.2) is 103 Å². The molecule has 4 aromatic heterocycles. The van der Waals surface area contributed by atoms with Gasteiger partial charge in [-0.15, -0.1) is 0 Å². The molecule has 8 rings (SSSR count). The topological polar surface area (TPSA) is 35.6 Å². The van der Waals surface area contributed by atoms with E-state index in [0.29, 0.717) is 11.8 Å². The van der Waals surface area contributed by atoms with Crippen LogP contribution < -0.4 is 0 Å². The molecule has 0 amide bonds. The third-order valence-corrected chi connectivity index (χ3v) is 8.72. The quantitative estimate of drug-likeness (QED) is 0.234. The smallest absolute Gasteiger partial charge is 0.0963 e. The van der Waals surface area contributed by atoms with Crippen molar-refractivity contribution >= 4 is 50.3 Å². The SMILES string of the molecule is CC1CC(n2c3ccccc3c3ncccc32)=CC=C1c1ccc(-n2c3c(c4ncccc42)C=CCC3C)cc1. The van der Waals surface area contributed by atoms with E-state index in [2.05, 4.69) is 108 Å². The average molecular weight is 519 g/mol. The Balaban J connectivity index is 1.20. The highest BCUT2D eigenvalue weighted by Gasteiger charge is 2.25. The van der Waals surface area contributed by atoms with Crippen LogP contribution in [0.4, 0.5) is 0 Å². The van der Waals surface area contributed by atoms with E-state index in [1.54, 1.807) is 0 Å². The normalized spacial score (nSPS) is 18.8. The van der Waals surface area contributed by atoms with Crippen LogP contribution in [0.25, 0.3) is 56.0 Å². The summed E-state index contributed by atoms with van der Waals surface area (Å²) in [4.78, 5) is 9.46. The van der Waals surface area contributed by atoms with Crippen LogP contribution >= 0.6 is 0 Å². The lowest BCUT2D eigenvalue weighted by Gasteiger charge is -2.24. The lowest BCUT2D eigenvalue weighted by molar-refractivity contribution is 0.723. The van der Waals surface area contributed by atoms with Gasteiger partial charge in [0.05, 0.1) is 27.6 Å². The lowest BCUT2D eigenvalue weighted by Crippen LogP contribution is -2.09. The van der Waals surface area contributed by atoms with E-state index >= 15 is 0 Å². The molecule has 0 fully saturated rings. The van der Waals surface area contributed by atoms with E-state index in [9.17, 15) is 0 Å². The first-order valence-corrected chi connectivity index (χ1v) is 14.2. The second kappa shape index (κ2) is 8.92. The van der Waals surface area contributed by atoms with Gasteiger partial charge in [-0.2, -0.15) is 0 Å². The van der Waals surface area contributed by atoms with Crippen molar-refractivity contribution in [3.05, 3.63) is 120 Å². The van der Waals surface area contributed by atoms with E-state index in [1.165, 1.54) is 55.7 Å². The zero-order valence-electron chi connectivity index (χ0n) is 22.8. The molecule has 0 saturated heterocycles. The third-order valence-electron chi connectivity index (χ3n) is 8.72. The number of aromatic nitrogens is 4. The summed E-state index contributed by atoms with van der Waals surface area (Å²) >= 11 is 0. The molecule has 4 heterocycles. The Morgan fingerprint density at radius 1 is 0.700 bits per heavy atom. The number of hydrogen-bond acceptors (Lipinski definition) is 2. The minimum atomic E-state index is 0.397. The summed E-state index contributed by atoms with van der Waals surface area (Å²) < 4.78 is 4.82. The molecule has 0 aliphatic heterocycles. The standard InChI is InChI=1S/C36H30N4/c1-23-8-5-10-30-35-33(13-7-21-38-35)40(36(23)30)26-16-14-25(15-17-26)28-19-18-27(22-24(28)2)39-31-11-4-3-9-29(31)34-32(39)12-6-20-37-34/h3-7,9-21,23-24H,8,22H2,1-2H3. The number of hydrogen-bond donors (Lipinski definition) is 0. The predicted octanol–water partition coefficient (Wildman–Crippen LogP) is 9.01.